The number of phenols is 1. The van der Waals surface area contributed by atoms with Gasteiger partial charge in [0.2, 0.25) is 5.69 Å². The summed E-state index contributed by atoms with van der Waals surface area (Å²) in [7, 11) is 0. The minimum absolute atomic E-state index is 0.247. The summed E-state index contributed by atoms with van der Waals surface area (Å²) in [6.45, 7) is 0.649. The molecule has 4 nitrogen and oxygen atoms in total. The average Bonchev–Trinajstić information content (AvgIpc) is 2.63. The lowest BCUT2D eigenvalue weighted by molar-refractivity contribution is -0.690. The second kappa shape index (κ2) is 7.45. The van der Waals surface area contributed by atoms with Crippen molar-refractivity contribution in [2.45, 2.75) is 6.54 Å². The predicted molar refractivity (Wildman–Crippen MR) is 96.2 cm³/mol. The molecule has 2 N–H and O–H groups in total. The van der Waals surface area contributed by atoms with Gasteiger partial charge < -0.3 is 10.2 Å². The van der Waals surface area contributed by atoms with Gasteiger partial charge >= 0.3 is 5.97 Å². The maximum absolute atomic E-state index is 10.9. The highest BCUT2D eigenvalue weighted by Crippen LogP contribution is 2.12. The van der Waals surface area contributed by atoms with Gasteiger partial charge in [-0.05, 0) is 42.0 Å². The summed E-state index contributed by atoms with van der Waals surface area (Å²) in [4.78, 5) is 10.9. The van der Waals surface area contributed by atoms with Crippen molar-refractivity contribution in [1.82, 2.24) is 0 Å². The molecular formula is C21H18NO3+. The van der Waals surface area contributed by atoms with Crippen LogP contribution < -0.4 is 4.57 Å². The van der Waals surface area contributed by atoms with Crippen molar-refractivity contribution in [1.29, 1.82) is 0 Å². The fourth-order valence-corrected chi connectivity index (χ4v) is 2.50. The zero-order valence-electron chi connectivity index (χ0n) is 13.5. The van der Waals surface area contributed by atoms with Gasteiger partial charge in [-0.1, -0.05) is 24.3 Å². The molecule has 0 fully saturated rings. The number of rotatable bonds is 5. The Labute approximate surface area is 145 Å². The Kier molecular flexibility index (Phi) is 4.90. The van der Waals surface area contributed by atoms with Crippen molar-refractivity contribution in [2.75, 3.05) is 0 Å². The average molecular weight is 332 g/mol. The molecule has 0 saturated carbocycles. The Morgan fingerprint density at radius 1 is 0.920 bits per heavy atom. The first-order valence-corrected chi connectivity index (χ1v) is 7.90. The molecule has 1 heterocycles. The normalized spacial score (nSPS) is 10.9. The second-order valence-electron chi connectivity index (χ2n) is 5.68. The molecule has 0 saturated heterocycles. The van der Waals surface area contributed by atoms with Gasteiger partial charge in [0.05, 0.1) is 5.56 Å². The molecule has 2 aromatic carbocycles. The van der Waals surface area contributed by atoms with Crippen molar-refractivity contribution in [3.63, 3.8) is 0 Å². The SMILES string of the molecule is O=C(O)c1ccc(C[n+]2ccccc2/C=C/c2ccc(O)cc2)cc1. The molecule has 0 aliphatic rings. The first kappa shape index (κ1) is 16.5. The van der Waals surface area contributed by atoms with Crippen LogP contribution in [0.25, 0.3) is 12.2 Å². The van der Waals surface area contributed by atoms with Crippen LogP contribution in [0.2, 0.25) is 0 Å². The molecule has 0 aliphatic heterocycles. The van der Waals surface area contributed by atoms with Crippen molar-refractivity contribution in [3.05, 3.63) is 95.3 Å². The van der Waals surface area contributed by atoms with Gasteiger partial charge in [0.1, 0.15) is 5.75 Å². The van der Waals surface area contributed by atoms with Gasteiger partial charge in [0, 0.05) is 23.8 Å². The number of nitrogens with zero attached hydrogens (tertiary/aromatic N) is 1. The fourth-order valence-electron chi connectivity index (χ4n) is 2.50. The van der Waals surface area contributed by atoms with Crippen molar-refractivity contribution < 1.29 is 19.6 Å². The van der Waals surface area contributed by atoms with E-state index in [-0.39, 0.29) is 11.3 Å². The Bertz CT molecular complexity index is 897. The van der Waals surface area contributed by atoms with Gasteiger partial charge in [-0.2, -0.15) is 4.57 Å². The summed E-state index contributed by atoms with van der Waals surface area (Å²) in [5.41, 5.74) is 3.34. The van der Waals surface area contributed by atoms with E-state index in [2.05, 4.69) is 4.57 Å². The van der Waals surface area contributed by atoms with Gasteiger partial charge in [-0.15, -0.1) is 0 Å². The standard InChI is InChI=1S/C21H17NO3/c23-20-12-7-16(8-13-20)6-11-19-3-1-2-14-22(19)15-17-4-9-18(10-5-17)21(24)25/h1-14H,15H2,(H,24,25)/p+1. The topological polar surface area (TPSA) is 61.4 Å². The Hall–Kier alpha value is -3.40. The number of aromatic carboxylic acids is 1. The molecule has 124 valence electrons. The number of carboxylic acids is 1. The molecule has 25 heavy (non-hydrogen) atoms. The molecule has 0 atom stereocenters. The largest absolute Gasteiger partial charge is 0.508 e. The molecule has 0 spiro atoms. The zero-order chi connectivity index (χ0) is 17.6. The first-order chi connectivity index (χ1) is 12.1. The van der Waals surface area contributed by atoms with Crippen LogP contribution in [0.3, 0.4) is 0 Å². The molecule has 3 rings (SSSR count). The molecule has 0 bridgehead atoms. The van der Waals surface area contributed by atoms with E-state index in [1.165, 1.54) is 0 Å². The Morgan fingerprint density at radius 3 is 2.32 bits per heavy atom. The molecule has 4 heteroatoms. The van der Waals surface area contributed by atoms with E-state index in [1.807, 2.05) is 60.8 Å². The summed E-state index contributed by atoms with van der Waals surface area (Å²) in [5.74, 6) is -0.673. The molecular weight excluding hydrogens is 314 g/mol. The maximum Gasteiger partial charge on any atom is 0.335 e. The van der Waals surface area contributed by atoms with Crippen LogP contribution in [-0.4, -0.2) is 16.2 Å². The smallest absolute Gasteiger partial charge is 0.335 e. The van der Waals surface area contributed by atoms with Crippen molar-refractivity contribution in [3.8, 4) is 5.75 Å². The third-order valence-corrected chi connectivity index (χ3v) is 3.87. The third kappa shape index (κ3) is 4.32. The van der Waals surface area contributed by atoms with E-state index in [0.717, 1.165) is 16.8 Å². The number of carboxylic acid groups (broad SMARTS) is 1. The van der Waals surface area contributed by atoms with Crippen LogP contribution in [0.1, 0.15) is 27.2 Å². The van der Waals surface area contributed by atoms with Gasteiger partial charge in [0.15, 0.2) is 12.7 Å². The number of hydrogen-bond donors (Lipinski definition) is 2. The molecule has 0 unspecified atom stereocenters. The molecule has 0 radical (unpaired) electrons. The predicted octanol–water partition coefficient (Wildman–Crippen LogP) is 3.60. The monoisotopic (exact) mass is 332 g/mol. The van der Waals surface area contributed by atoms with Gasteiger partial charge in [-0.25, -0.2) is 4.79 Å². The number of pyridine rings is 1. The van der Waals surface area contributed by atoms with E-state index in [0.29, 0.717) is 6.54 Å². The lowest BCUT2D eigenvalue weighted by Gasteiger charge is -2.02. The quantitative estimate of drug-likeness (QED) is 0.702. The van der Waals surface area contributed by atoms with Crippen LogP contribution in [0.5, 0.6) is 5.75 Å². The van der Waals surface area contributed by atoms with Crippen LogP contribution in [0.15, 0.2) is 72.9 Å². The van der Waals surface area contributed by atoms with Crippen molar-refractivity contribution >= 4 is 18.1 Å². The van der Waals surface area contributed by atoms with Gasteiger partial charge in [0.25, 0.3) is 0 Å². The summed E-state index contributed by atoms with van der Waals surface area (Å²) in [6, 6.07) is 19.9. The van der Waals surface area contributed by atoms with Gasteiger partial charge in [-0.3, -0.25) is 0 Å². The third-order valence-electron chi connectivity index (χ3n) is 3.87. The van der Waals surface area contributed by atoms with E-state index in [9.17, 15) is 9.90 Å². The minimum Gasteiger partial charge on any atom is -0.508 e. The Balaban J connectivity index is 1.80. The number of aromatic hydroxyl groups is 1. The molecule has 0 amide bonds. The lowest BCUT2D eigenvalue weighted by Crippen LogP contribution is -2.36. The molecule has 1 aromatic heterocycles. The highest BCUT2D eigenvalue weighted by Gasteiger charge is 2.09. The summed E-state index contributed by atoms with van der Waals surface area (Å²) < 4.78 is 2.09. The Morgan fingerprint density at radius 2 is 1.64 bits per heavy atom. The van der Waals surface area contributed by atoms with Crippen LogP contribution in [0, 0.1) is 0 Å². The highest BCUT2D eigenvalue weighted by atomic mass is 16.4. The fraction of sp³-hybridized carbons (Fsp3) is 0.0476. The summed E-state index contributed by atoms with van der Waals surface area (Å²) in [6.07, 6.45) is 5.98. The van der Waals surface area contributed by atoms with Crippen LogP contribution in [0.4, 0.5) is 0 Å². The number of benzene rings is 2. The summed E-state index contributed by atoms with van der Waals surface area (Å²) >= 11 is 0. The van der Waals surface area contributed by atoms with E-state index < -0.39 is 5.97 Å². The summed E-state index contributed by atoms with van der Waals surface area (Å²) in [5, 5.41) is 18.3. The minimum atomic E-state index is -0.920. The van der Waals surface area contributed by atoms with E-state index in [4.69, 9.17) is 5.11 Å². The molecule has 3 aromatic rings. The lowest BCUT2D eigenvalue weighted by atomic mass is 10.1. The van der Waals surface area contributed by atoms with Crippen molar-refractivity contribution in [2.24, 2.45) is 0 Å². The van der Waals surface area contributed by atoms with Crippen LogP contribution >= 0.6 is 0 Å². The number of aromatic nitrogens is 1. The first-order valence-electron chi connectivity index (χ1n) is 7.90. The van der Waals surface area contributed by atoms with E-state index in [1.54, 1.807) is 24.3 Å². The maximum atomic E-state index is 10.9. The van der Waals surface area contributed by atoms with Crippen LogP contribution in [-0.2, 0) is 6.54 Å². The highest BCUT2D eigenvalue weighted by molar-refractivity contribution is 5.87. The second-order valence-corrected chi connectivity index (χ2v) is 5.68. The molecule has 0 aliphatic carbocycles. The number of phenolic OH excluding ortho intramolecular Hbond substituents is 1. The van der Waals surface area contributed by atoms with E-state index >= 15 is 0 Å². The zero-order valence-corrected chi connectivity index (χ0v) is 13.5. The number of hydrogen-bond acceptors (Lipinski definition) is 2. The number of carbonyl (C=O) groups is 1.